The van der Waals surface area contributed by atoms with E-state index in [1.165, 1.54) is 23.8 Å². The summed E-state index contributed by atoms with van der Waals surface area (Å²) in [6.07, 6.45) is 4.81. The van der Waals surface area contributed by atoms with Gasteiger partial charge in [0.25, 0.3) is 0 Å². The molecule has 3 rings (SSSR count). The molecule has 2 aromatic rings. The first-order valence-corrected chi connectivity index (χ1v) is 12.2. The number of benzene rings is 1. The van der Waals surface area contributed by atoms with E-state index in [1.807, 2.05) is 29.3 Å². The number of aryl methyl sites for hydroxylation is 1. The molecule has 0 spiro atoms. The standard InChI is InChI=1S/C24H32N4O3S/c1-3-6-22(30)28-14-5-8-20(15-28)23(31)27-24-26-21(16-32-24)19-11-9-18(10-12-19)7-4-13-25-17(2)29/h9-12,16,20H,3-8,13-15H2,1-2H3,(H,25,29)(H,26,27,31). The van der Waals surface area contributed by atoms with E-state index in [1.54, 1.807) is 0 Å². The molecule has 32 heavy (non-hydrogen) atoms. The maximum absolute atomic E-state index is 12.7. The molecule has 0 bridgehead atoms. The molecule has 1 saturated heterocycles. The molecule has 2 heterocycles. The summed E-state index contributed by atoms with van der Waals surface area (Å²) in [5, 5.41) is 8.28. The monoisotopic (exact) mass is 456 g/mol. The largest absolute Gasteiger partial charge is 0.356 e. The number of likely N-dealkylation sites (tertiary alicyclic amines) is 1. The highest BCUT2D eigenvalue weighted by Crippen LogP contribution is 2.27. The Balaban J connectivity index is 1.52. The van der Waals surface area contributed by atoms with E-state index in [-0.39, 0.29) is 23.6 Å². The molecule has 8 heteroatoms. The Morgan fingerprint density at radius 1 is 1.22 bits per heavy atom. The van der Waals surface area contributed by atoms with Gasteiger partial charge in [-0.05, 0) is 37.7 Å². The van der Waals surface area contributed by atoms with E-state index in [9.17, 15) is 14.4 Å². The highest BCUT2D eigenvalue weighted by atomic mass is 32.1. The van der Waals surface area contributed by atoms with Crippen LogP contribution in [-0.4, -0.2) is 47.2 Å². The Hall–Kier alpha value is -2.74. The molecule has 1 fully saturated rings. The quantitative estimate of drug-likeness (QED) is 0.561. The Labute approximate surface area is 193 Å². The van der Waals surface area contributed by atoms with Crippen molar-refractivity contribution in [3.8, 4) is 11.3 Å². The van der Waals surface area contributed by atoms with Crippen molar-refractivity contribution in [2.45, 2.75) is 52.4 Å². The Morgan fingerprint density at radius 3 is 2.72 bits per heavy atom. The van der Waals surface area contributed by atoms with Crippen molar-refractivity contribution < 1.29 is 14.4 Å². The maximum atomic E-state index is 12.7. The van der Waals surface area contributed by atoms with Crippen molar-refractivity contribution in [3.05, 3.63) is 35.2 Å². The lowest BCUT2D eigenvalue weighted by molar-refractivity contribution is -0.134. The van der Waals surface area contributed by atoms with Crippen LogP contribution >= 0.6 is 11.3 Å². The first kappa shape index (κ1) is 23.9. The number of amides is 3. The van der Waals surface area contributed by atoms with Gasteiger partial charge in [-0.25, -0.2) is 4.98 Å². The van der Waals surface area contributed by atoms with Crippen molar-refractivity contribution in [3.63, 3.8) is 0 Å². The van der Waals surface area contributed by atoms with Gasteiger partial charge in [-0.2, -0.15) is 0 Å². The van der Waals surface area contributed by atoms with Gasteiger partial charge in [0.05, 0.1) is 11.6 Å². The molecule has 3 amide bonds. The molecule has 1 aliphatic rings. The van der Waals surface area contributed by atoms with Crippen LogP contribution in [0, 0.1) is 5.92 Å². The number of aromatic nitrogens is 1. The lowest BCUT2D eigenvalue weighted by Crippen LogP contribution is -2.43. The van der Waals surface area contributed by atoms with E-state index in [4.69, 9.17) is 0 Å². The molecule has 1 aromatic carbocycles. The fourth-order valence-corrected chi connectivity index (χ4v) is 4.58. The minimum atomic E-state index is -0.186. The Bertz CT molecular complexity index is 926. The molecule has 0 aliphatic carbocycles. The Morgan fingerprint density at radius 2 is 2.00 bits per heavy atom. The molecule has 2 N–H and O–H groups in total. The van der Waals surface area contributed by atoms with Crippen LogP contribution < -0.4 is 10.6 Å². The van der Waals surface area contributed by atoms with E-state index in [2.05, 4.69) is 27.8 Å². The molecule has 1 aliphatic heterocycles. The second-order valence-electron chi connectivity index (χ2n) is 8.24. The third-order valence-corrected chi connectivity index (χ3v) is 6.37. The predicted octanol–water partition coefficient (Wildman–Crippen LogP) is 3.86. The number of carbonyl (C=O) groups excluding carboxylic acids is 3. The molecule has 0 radical (unpaired) electrons. The number of thiazole rings is 1. The number of carbonyl (C=O) groups is 3. The SMILES string of the molecule is CCCC(=O)N1CCCC(C(=O)Nc2nc(-c3ccc(CCCNC(C)=O)cc3)cs2)C1. The summed E-state index contributed by atoms with van der Waals surface area (Å²) in [4.78, 5) is 42.2. The zero-order valence-electron chi connectivity index (χ0n) is 18.9. The van der Waals surface area contributed by atoms with Gasteiger partial charge in [0.2, 0.25) is 17.7 Å². The minimum absolute atomic E-state index is 0.00225. The van der Waals surface area contributed by atoms with Gasteiger partial charge < -0.3 is 15.5 Å². The normalized spacial score (nSPS) is 15.9. The summed E-state index contributed by atoms with van der Waals surface area (Å²) in [7, 11) is 0. The Kier molecular flexibility index (Phi) is 8.79. The summed E-state index contributed by atoms with van der Waals surface area (Å²) in [6, 6.07) is 8.22. The van der Waals surface area contributed by atoms with Gasteiger partial charge in [0.1, 0.15) is 0 Å². The second-order valence-corrected chi connectivity index (χ2v) is 9.10. The van der Waals surface area contributed by atoms with Crippen molar-refractivity contribution in [1.29, 1.82) is 0 Å². The van der Waals surface area contributed by atoms with E-state index < -0.39 is 0 Å². The summed E-state index contributed by atoms with van der Waals surface area (Å²) >= 11 is 1.41. The molecule has 1 aromatic heterocycles. The summed E-state index contributed by atoms with van der Waals surface area (Å²) in [5.74, 6) is -0.110. The van der Waals surface area contributed by atoms with Crippen LogP contribution in [0.15, 0.2) is 29.6 Å². The van der Waals surface area contributed by atoms with Gasteiger partial charge in [0, 0.05) is 43.9 Å². The van der Waals surface area contributed by atoms with Crippen LogP contribution in [0.2, 0.25) is 0 Å². The lowest BCUT2D eigenvalue weighted by atomic mass is 9.97. The number of anilines is 1. The first-order chi connectivity index (χ1) is 15.5. The van der Waals surface area contributed by atoms with Crippen LogP contribution in [-0.2, 0) is 20.8 Å². The molecule has 0 saturated carbocycles. The summed E-state index contributed by atoms with van der Waals surface area (Å²) in [5.41, 5.74) is 3.04. The summed E-state index contributed by atoms with van der Waals surface area (Å²) in [6.45, 7) is 5.43. The molecule has 1 unspecified atom stereocenters. The summed E-state index contributed by atoms with van der Waals surface area (Å²) < 4.78 is 0. The molecular weight excluding hydrogens is 424 g/mol. The van der Waals surface area contributed by atoms with E-state index in [0.29, 0.717) is 24.6 Å². The maximum Gasteiger partial charge on any atom is 0.231 e. The number of nitrogens with zero attached hydrogens (tertiary/aromatic N) is 2. The number of hydrogen-bond donors (Lipinski definition) is 2. The second kappa shape index (κ2) is 11.8. The van der Waals surface area contributed by atoms with Gasteiger partial charge in [-0.1, -0.05) is 31.2 Å². The highest BCUT2D eigenvalue weighted by molar-refractivity contribution is 7.14. The van der Waals surface area contributed by atoms with Crippen molar-refractivity contribution in [2.24, 2.45) is 5.92 Å². The van der Waals surface area contributed by atoms with Crippen LogP contribution in [0.4, 0.5) is 5.13 Å². The van der Waals surface area contributed by atoms with Crippen LogP contribution in [0.25, 0.3) is 11.3 Å². The van der Waals surface area contributed by atoms with Gasteiger partial charge in [-0.15, -0.1) is 11.3 Å². The highest BCUT2D eigenvalue weighted by Gasteiger charge is 2.28. The van der Waals surface area contributed by atoms with Crippen molar-refractivity contribution in [1.82, 2.24) is 15.2 Å². The zero-order chi connectivity index (χ0) is 22.9. The molecule has 172 valence electrons. The molecular formula is C24H32N4O3S. The van der Waals surface area contributed by atoms with Crippen LogP contribution in [0.1, 0.15) is 51.5 Å². The van der Waals surface area contributed by atoms with Crippen molar-refractivity contribution >= 4 is 34.2 Å². The minimum Gasteiger partial charge on any atom is -0.356 e. The number of rotatable bonds is 9. The predicted molar refractivity (Wildman–Crippen MR) is 127 cm³/mol. The van der Waals surface area contributed by atoms with Gasteiger partial charge in [0.15, 0.2) is 5.13 Å². The average Bonchev–Trinajstić information content (AvgIpc) is 3.25. The van der Waals surface area contributed by atoms with Gasteiger partial charge in [-0.3, -0.25) is 14.4 Å². The fraction of sp³-hybridized carbons (Fsp3) is 0.500. The van der Waals surface area contributed by atoms with Gasteiger partial charge >= 0.3 is 0 Å². The average molecular weight is 457 g/mol. The fourth-order valence-electron chi connectivity index (χ4n) is 3.86. The topological polar surface area (TPSA) is 91.4 Å². The lowest BCUT2D eigenvalue weighted by Gasteiger charge is -2.31. The molecule has 7 nitrogen and oxygen atoms in total. The molecule has 1 atom stereocenters. The smallest absolute Gasteiger partial charge is 0.231 e. The van der Waals surface area contributed by atoms with Crippen LogP contribution in [0.5, 0.6) is 0 Å². The third kappa shape index (κ3) is 6.88. The number of piperidine rings is 1. The zero-order valence-corrected chi connectivity index (χ0v) is 19.7. The first-order valence-electron chi connectivity index (χ1n) is 11.3. The third-order valence-electron chi connectivity index (χ3n) is 5.61. The van der Waals surface area contributed by atoms with E-state index in [0.717, 1.165) is 49.9 Å². The number of nitrogens with one attached hydrogen (secondary N) is 2. The number of hydrogen-bond acceptors (Lipinski definition) is 5. The van der Waals surface area contributed by atoms with Crippen molar-refractivity contribution in [2.75, 3.05) is 25.0 Å². The van der Waals surface area contributed by atoms with E-state index >= 15 is 0 Å². The van der Waals surface area contributed by atoms with Crippen LogP contribution in [0.3, 0.4) is 0 Å².